The van der Waals surface area contributed by atoms with Gasteiger partial charge in [0.15, 0.2) is 0 Å². The highest BCUT2D eigenvalue weighted by Crippen LogP contribution is 2.33. The van der Waals surface area contributed by atoms with E-state index in [0.29, 0.717) is 11.5 Å². The van der Waals surface area contributed by atoms with Crippen LogP contribution >= 0.6 is 11.3 Å². The molecule has 0 bridgehead atoms. The second-order valence-corrected chi connectivity index (χ2v) is 7.49. The molecule has 1 saturated carbocycles. The molecule has 1 aliphatic carbocycles. The van der Waals surface area contributed by atoms with Crippen LogP contribution in [0.4, 0.5) is 0 Å². The van der Waals surface area contributed by atoms with Crippen LogP contribution in [0.1, 0.15) is 31.7 Å². The molecule has 0 saturated heterocycles. The van der Waals surface area contributed by atoms with Crippen LogP contribution in [0, 0.1) is 5.92 Å². The van der Waals surface area contributed by atoms with Gasteiger partial charge in [-0.25, -0.2) is 13.1 Å². The smallest absolute Gasteiger partial charge is 0.250 e. The Morgan fingerprint density at radius 2 is 2.29 bits per heavy atom. The number of nitrogens with one attached hydrogen (secondary N) is 1. The summed E-state index contributed by atoms with van der Waals surface area (Å²) >= 11 is 1.15. The summed E-state index contributed by atoms with van der Waals surface area (Å²) in [7, 11) is -3.41. The van der Waals surface area contributed by atoms with Crippen LogP contribution in [0.25, 0.3) is 0 Å². The van der Waals surface area contributed by atoms with E-state index < -0.39 is 10.0 Å². The first-order valence-corrected chi connectivity index (χ1v) is 8.08. The van der Waals surface area contributed by atoms with Crippen molar-refractivity contribution in [3.63, 3.8) is 0 Å². The van der Waals surface area contributed by atoms with E-state index in [1.54, 1.807) is 5.38 Å². The van der Waals surface area contributed by atoms with Gasteiger partial charge < -0.3 is 5.11 Å². The maximum absolute atomic E-state index is 12.0. The minimum absolute atomic E-state index is 0.0211. The molecule has 1 atom stereocenters. The number of hydrogen-bond acceptors (Lipinski definition) is 4. The van der Waals surface area contributed by atoms with E-state index in [0.717, 1.165) is 17.8 Å². The minimum atomic E-state index is -3.41. The van der Waals surface area contributed by atoms with Crippen molar-refractivity contribution in [2.75, 3.05) is 0 Å². The second kappa shape index (κ2) is 5.06. The van der Waals surface area contributed by atoms with Gasteiger partial charge in [0.1, 0.15) is 4.21 Å². The maximum atomic E-state index is 12.0. The molecule has 0 radical (unpaired) electrons. The molecule has 1 fully saturated rings. The monoisotopic (exact) mass is 275 g/mol. The molecular weight excluding hydrogens is 258 g/mol. The Labute approximate surface area is 106 Å². The molecule has 0 aromatic carbocycles. The summed E-state index contributed by atoms with van der Waals surface area (Å²) in [6.07, 6.45) is 3.36. The fraction of sp³-hybridized carbons (Fsp3) is 0.636. The molecule has 17 heavy (non-hydrogen) atoms. The first-order chi connectivity index (χ1) is 8.01. The first-order valence-electron chi connectivity index (χ1n) is 5.72. The lowest BCUT2D eigenvalue weighted by Crippen LogP contribution is -2.32. The van der Waals surface area contributed by atoms with Crippen LogP contribution in [-0.4, -0.2) is 19.6 Å². The van der Waals surface area contributed by atoms with Gasteiger partial charge >= 0.3 is 0 Å². The lowest BCUT2D eigenvalue weighted by molar-refractivity contribution is 0.282. The molecule has 0 aliphatic heterocycles. The summed E-state index contributed by atoms with van der Waals surface area (Å²) in [5.74, 6) is 0.698. The Bertz CT molecular complexity index is 477. The molecule has 0 amide bonds. The molecule has 1 aliphatic rings. The van der Waals surface area contributed by atoms with E-state index in [1.165, 1.54) is 18.9 Å². The molecule has 0 spiro atoms. The Morgan fingerprint density at radius 3 is 2.82 bits per heavy atom. The Hall–Kier alpha value is -0.430. The number of aliphatic hydroxyl groups excluding tert-OH is 1. The number of rotatable bonds is 6. The highest BCUT2D eigenvalue weighted by Gasteiger charge is 2.26. The Kier molecular flexibility index (Phi) is 3.87. The van der Waals surface area contributed by atoms with Crippen molar-refractivity contribution in [2.24, 2.45) is 5.92 Å². The van der Waals surface area contributed by atoms with Gasteiger partial charge in [0, 0.05) is 6.04 Å². The molecule has 2 N–H and O–H groups in total. The standard InChI is InChI=1S/C11H17NO3S2/c1-8(4-9-2-3-9)12-17(14,15)11-5-10(6-13)7-16-11/h5,7-9,12-13H,2-4,6H2,1H3. The summed E-state index contributed by atoms with van der Waals surface area (Å²) in [5, 5.41) is 10.6. The molecule has 96 valence electrons. The lowest BCUT2D eigenvalue weighted by atomic mass is 10.2. The van der Waals surface area contributed by atoms with Crippen molar-refractivity contribution in [1.29, 1.82) is 0 Å². The number of sulfonamides is 1. The van der Waals surface area contributed by atoms with Gasteiger partial charge in [-0.05, 0) is 36.3 Å². The zero-order chi connectivity index (χ0) is 12.5. The van der Waals surface area contributed by atoms with Crippen LogP contribution in [0.5, 0.6) is 0 Å². The summed E-state index contributed by atoms with van der Waals surface area (Å²) in [6.45, 7) is 1.78. The van der Waals surface area contributed by atoms with Crippen LogP contribution in [-0.2, 0) is 16.6 Å². The zero-order valence-electron chi connectivity index (χ0n) is 9.72. The third-order valence-corrected chi connectivity index (χ3v) is 5.90. The largest absolute Gasteiger partial charge is 0.392 e. The van der Waals surface area contributed by atoms with Crippen molar-refractivity contribution in [1.82, 2.24) is 4.72 Å². The average molecular weight is 275 g/mol. The van der Waals surface area contributed by atoms with Gasteiger partial charge in [0.25, 0.3) is 0 Å². The Morgan fingerprint density at radius 1 is 1.59 bits per heavy atom. The average Bonchev–Trinajstić information content (AvgIpc) is 2.92. The molecule has 1 aromatic rings. The van der Waals surface area contributed by atoms with E-state index in [1.807, 2.05) is 6.92 Å². The summed E-state index contributed by atoms with van der Waals surface area (Å²) in [4.78, 5) is 0. The van der Waals surface area contributed by atoms with Crippen LogP contribution < -0.4 is 4.72 Å². The van der Waals surface area contributed by atoms with Crippen molar-refractivity contribution < 1.29 is 13.5 Å². The summed E-state index contributed by atoms with van der Waals surface area (Å²) in [5.41, 5.74) is 0.644. The molecule has 4 nitrogen and oxygen atoms in total. The van der Waals surface area contributed by atoms with Crippen molar-refractivity contribution >= 4 is 21.4 Å². The number of hydrogen-bond donors (Lipinski definition) is 2. The van der Waals surface area contributed by atoms with Crippen molar-refractivity contribution in [3.05, 3.63) is 17.0 Å². The van der Waals surface area contributed by atoms with Crippen LogP contribution in [0.2, 0.25) is 0 Å². The van der Waals surface area contributed by atoms with E-state index in [2.05, 4.69) is 4.72 Å². The van der Waals surface area contributed by atoms with E-state index in [-0.39, 0.29) is 16.9 Å². The zero-order valence-corrected chi connectivity index (χ0v) is 11.4. The lowest BCUT2D eigenvalue weighted by Gasteiger charge is -2.12. The minimum Gasteiger partial charge on any atom is -0.392 e. The molecule has 1 unspecified atom stereocenters. The SMILES string of the molecule is CC(CC1CC1)NS(=O)(=O)c1cc(CO)cs1. The Balaban J connectivity index is 2.01. The molecule has 1 heterocycles. The predicted molar refractivity (Wildman–Crippen MR) is 67.4 cm³/mol. The fourth-order valence-corrected chi connectivity index (χ4v) is 4.28. The molecule has 2 rings (SSSR count). The normalized spacial score (nSPS) is 18.2. The molecular formula is C11H17NO3S2. The molecule has 6 heteroatoms. The van der Waals surface area contributed by atoms with Crippen LogP contribution in [0.15, 0.2) is 15.7 Å². The van der Waals surface area contributed by atoms with Gasteiger partial charge in [-0.1, -0.05) is 12.8 Å². The van der Waals surface area contributed by atoms with E-state index in [9.17, 15) is 8.42 Å². The van der Waals surface area contributed by atoms with E-state index >= 15 is 0 Å². The third kappa shape index (κ3) is 3.51. The summed E-state index contributed by atoms with van der Waals surface area (Å²) < 4.78 is 26.9. The fourth-order valence-electron chi connectivity index (χ4n) is 1.80. The number of aliphatic hydroxyl groups is 1. The van der Waals surface area contributed by atoms with Gasteiger partial charge in [-0.3, -0.25) is 0 Å². The van der Waals surface area contributed by atoms with Gasteiger partial charge in [0.05, 0.1) is 6.61 Å². The first kappa shape index (κ1) is 13.0. The van der Waals surface area contributed by atoms with Gasteiger partial charge in [-0.2, -0.15) is 0 Å². The second-order valence-electron chi connectivity index (χ2n) is 4.63. The van der Waals surface area contributed by atoms with Gasteiger partial charge in [-0.15, -0.1) is 11.3 Å². The van der Waals surface area contributed by atoms with Crippen LogP contribution in [0.3, 0.4) is 0 Å². The van der Waals surface area contributed by atoms with Crippen molar-refractivity contribution in [3.8, 4) is 0 Å². The predicted octanol–water partition coefficient (Wildman–Crippen LogP) is 1.71. The topological polar surface area (TPSA) is 66.4 Å². The number of thiophene rings is 1. The van der Waals surface area contributed by atoms with Gasteiger partial charge in [0.2, 0.25) is 10.0 Å². The third-order valence-electron chi connectivity index (χ3n) is 2.82. The highest BCUT2D eigenvalue weighted by molar-refractivity contribution is 7.91. The quantitative estimate of drug-likeness (QED) is 0.830. The van der Waals surface area contributed by atoms with E-state index in [4.69, 9.17) is 5.11 Å². The summed E-state index contributed by atoms with van der Waals surface area (Å²) in [6, 6.07) is 1.50. The maximum Gasteiger partial charge on any atom is 0.250 e. The highest BCUT2D eigenvalue weighted by atomic mass is 32.2. The van der Waals surface area contributed by atoms with Crippen molar-refractivity contribution in [2.45, 2.75) is 43.0 Å². The molecule has 1 aromatic heterocycles.